The summed E-state index contributed by atoms with van der Waals surface area (Å²) in [6.45, 7) is 0. The van der Waals surface area contributed by atoms with E-state index in [-0.39, 0.29) is 0 Å². The Morgan fingerprint density at radius 1 is 1.56 bits per heavy atom. The lowest BCUT2D eigenvalue weighted by Crippen LogP contribution is -2.01. The molecule has 1 unspecified atom stereocenters. The summed E-state index contributed by atoms with van der Waals surface area (Å²) < 4.78 is 2.04. The number of fused-ring (bicyclic) bond motifs is 1. The van der Waals surface area contributed by atoms with E-state index in [1.54, 1.807) is 0 Å². The van der Waals surface area contributed by atoms with Crippen molar-refractivity contribution in [2.75, 3.05) is 5.75 Å². The monoisotopic (exact) mass is 252 g/mol. The molecule has 84 valence electrons. The van der Waals surface area contributed by atoms with Crippen molar-refractivity contribution in [2.45, 2.75) is 24.5 Å². The van der Waals surface area contributed by atoms with E-state index in [4.69, 9.17) is 11.6 Å². The van der Waals surface area contributed by atoms with Crippen LogP contribution in [0.1, 0.15) is 18.5 Å². The average molecular weight is 253 g/mol. The minimum Gasteiger partial charge on any atom is -0.307 e. The van der Waals surface area contributed by atoms with Gasteiger partial charge in [0, 0.05) is 29.1 Å². The minimum atomic E-state index is 0.750. The molecule has 0 saturated carbocycles. The van der Waals surface area contributed by atoms with Gasteiger partial charge >= 0.3 is 0 Å². The lowest BCUT2D eigenvalue weighted by Gasteiger charge is -2.03. The van der Waals surface area contributed by atoms with Gasteiger partial charge in [-0.25, -0.2) is 4.98 Å². The highest BCUT2D eigenvalue weighted by atomic mass is 35.5. The zero-order valence-electron chi connectivity index (χ0n) is 8.90. The third kappa shape index (κ3) is 2.06. The van der Waals surface area contributed by atoms with Gasteiger partial charge < -0.3 is 4.40 Å². The second-order valence-electron chi connectivity index (χ2n) is 4.18. The molecule has 0 radical (unpaired) electrons. The molecule has 0 bridgehead atoms. The quantitative estimate of drug-likeness (QED) is 0.815. The molecule has 3 rings (SSSR count). The van der Waals surface area contributed by atoms with E-state index >= 15 is 0 Å². The summed E-state index contributed by atoms with van der Waals surface area (Å²) in [5.74, 6) is 1.31. The molecule has 16 heavy (non-hydrogen) atoms. The number of aromatic nitrogens is 2. The van der Waals surface area contributed by atoms with E-state index in [9.17, 15) is 0 Å². The minimum absolute atomic E-state index is 0.750. The molecule has 1 fully saturated rings. The zero-order valence-corrected chi connectivity index (χ0v) is 10.5. The van der Waals surface area contributed by atoms with Crippen molar-refractivity contribution < 1.29 is 0 Å². The number of halogens is 1. The van der Waals surface area contributed by atoms with Gasteiger partial charge in [-0.15, -0.1) is 0 Å². The molecule has 4 heteroatoms. The first kappa shape index (κ1) is 10.5. The van der Waals surface area contributed by atoms with Crippen LogP contribution < -0.4 is 0 Å². The van der Waals surface area contributed by atoms with E-state index in [1.807, 2.05) is 22.7 Å². The summed E-state index contributed by atoms with van der Waals surface area (Å²) in [7, 11) is 0. The second kappa shape index (κ2) is 4.30. The molecule has 1 saturated heterocycles. The van der Waals surface area contributed by atoms with Crippen LogP contribution >= 0.6 is 23.4 Å². The predicted octanol–water partition coefficient (Wildman–Crippen LogP) is 3.43. The highest BCUT2D eigenvalue weighted by molar-refractivity contribution is 8.00. The van der Waals surface area contributed by atoms with Crippen LogP contribution in [-0.2, 0) is 6.42 Å². The predicted molar refractivity (Wildman–Crippen MR) is 69.4 cm³/mol. The molecule has 0 aliphatic carbocycles. The lowest BCUT2D eigenvalue weighted by atomic mass is 10.2. The van der Waals surface area contributed by atoms with Crippen molar-refractivity contribution in [1.29, 1.82) is 0 Å². The molecule has 2 nitrogen and oxygen atoms in total. The summed E-state index contributed by atoms with van der Waals surface area (Å²) >= 11 is 8.02. The van der Waals surface area contributed by atoms with Gasteiger partial charge in [-0.05, 0) is 30.7 Å². The van der Waals surface area contributed by atoms with Gasteiger partial charge in [0.25, 0.3) is 0 Å². The van der Waals surface area contributed by atoms with E-state index in [1.165, 1.54) is 24.3 Å². The molecule has 0 spiro atoms. The van der Waals surface area contributed by atoms with Crippen LogP contribution in [0.15, 0.2) is 24.5 Å². The Kier molecular flexibility index (Phi) is 2.82. The standard InChI is InChI=1S/C12H13ClN2S/c13-9-3-4-15-8-10(14-12(15)6-9)7-11-2-1-5-16-11/h3-4,6,8,11H,1-2,5,7H2. The number of imidazole rings is 1. The molecule has 1 atom stereocenters. The van der Waals surface area contributed by atoms with Crippen molar-refractivity contribution in [3.8, 4) is 0 Å². The van der Waals surface area contributed by atoms with Crippen LogP contribution in [0.25, 0.3) is 5.65 Å². The summed E-state index contributed by atoms with van der Waals surface area (Å²) in [6.07, 6.45) is 7.86. The van der Waals surface area contributed by atoms with Crippen molar-refractivity contribution in [3.63, 3.8) is 0 Å². The van der Waals surface area contributed by atoms with Gasteiger partial charge in [-0.2, -0.15) is 11.8 Å². The van der Waals surface area contributed by atoms with E-state index in [0.717, 1.165) is 22.3 Å². The number of nitrogens with zero attached hydrogens (tertiary/aromatic N) is 2. The summed E-state index contributed by atoms with van der Waals surface area (Å²) in [5.41, 5.74) is 2.13. The third-order valence-corrected chi connectivity index (χ3v) is 4.57. The normalized spacial score (nSPS) is 20.7. The molecule has 2 aromatic heterocycles. The first-order valence-corrected chi connectivity index (χ1v) is 6.99. The van der Waals surface area contributed by atoms with Crippen LogP contribution in [-0.4, -0.2) is 20.4 Å². The summed E-state index contributed by atoms with van der Waals surface area (Å²) in [4.78, 5) is 4.60. The number of pyridine rings is 1. The van der Waals surface area contributed by atoms with Crippen LogP contribution in [0.2, 0.25) is 5.02 Å². The molecule has 3 heterocycles. The van der Waals surface area contributed by atoms with Crippen LogP contribution in [0.3, 0.4) is 0 Å². The van der Waals surface area contributed by atoms with Crippen molar-refractivity contribution in [1.82, 2.24) is 9.38 Å². The Morgan fingerprint density at radius 2 is 2.50 bits per heavy atom. The fourth-order valence-electron chi connectivity index (χ4n) is 2.15. The van der Waals surface area contributed by atoms with Gasteiger partial charge in [0.05, 0.1) is 5.69 Å². The second-order valence-corrected chi connectivity index (χ2v) is 6.03. The Morgan fingerprint density at radius 3 is 3.31 bits per heavy atom. The molecule has 0 N–H and O–H groups in total. The third-order valence-electron chi connectivity index (χ3n) is 2.93. The van der Waals surface area contributed by atoms with Crippen molar-refractivity contribution in [2.24, 2.45) is 0 Å². The molecular weight excluding hydrogens is 240 g/mol. The van der Waals surface area contributed by atoms with E-state index < -0.39 is 0 Å². The SMILES string of the molecule is Clc1ccn2cc(CC3CCCS3)nc2c1. The maximum Gasteiger partial charge on any atom is 0.138 e. The number of thioether (sulfide) groups is 1. The Balaban J connectivity index is 1.86. The molecule has 0 amide bonds. The number of rotatable bonds is 2. The van der Waals surface area contributed by atoms with E-state index in [2.05, 4.69) is 22.9 Å². The molecule has 1 aliphatic rings. The largest absolute Gasteiger partial charge is 0.307 e. The lowest BCUT2D eigenvalue weighted by molar-refractivity contribution is 0.767. The highest BCUT2D eigenvalue weighted by Crippen LogP contribution is 2.28. The molecular formula is C12H13ClN2S. The fourth-order valence-corrected chi connectivity index (χ4v) is 3.59. The Bertz CT molecular complexity index is 503. The molecule has 2 aromatic rings. The first-order valence-electron chi connectivity index (χ1n) is 5.56. The van der Waals surface area contributed by atoms with Crippen LogP contribution in [0.4, 0.5) is 0 Å². The van der Waals surface area contributed by atoms with Gasteiger partial charge in [-0.3, -0.25) is 0 Å². The maximum atomic E-state index is 5.94. The fraction of sp³-hybridized carbons (Fsp3) is 0.417. The molecule has 0 aromatic carbocycles. The van der Waals surface area contributed by atoms with Crippen LogP contribution in [0.5, 0.6) is 0 Å². The van der Waals surface area contributed by atoms with Crippen molar-refractivity contribution >= 4 is 29.0 Å². The topological polar surface area (TPSA) is 17.3 Å². The van der Waals surface area contributed by atoms with Crippen LogP contribution in [0, 0.1) is 0 Å². The first-order chi connectivity index (χ1) is 7.81. The van der Waals surface area contributed by atoms with E-state index in [0.29, 0.717) is 0 Å². The van der Waals surface area contributed by atoms with Gasteiger partial charge in [0.15, 0.2) is 0 Å². The summed E-state index contributed by atoms with van der Waals surface area (Å²) in [6, 6.07) is 3.80. The Hall–Kier alpha value is -0.670. The average Bonchev–Trinajstić information content (AvgIpc) is 2.86. The highest BCUT2D eigenvalue weighted by Gasteiger charge is 2.17. The summed E-state index contributed by atoms with van der Waals surface area (Å²) in [5, 5.41) is 1.51. The Labute approximate surface area is 104 Å². The van der Waals surface area contributed by atoms with Gasteiger partial charge in [-0.1, -0.05) is 11.6 Å². The van der Waals surface area contributed by atoms with Gasteiger partial charge in [0.2, 0.25) is 0 Å². The molecule has 1 aliphatic heterocycles. The number of hydrogen-bond acceptors (Lipinski definition) is 2. The van der Waals surface area contributed by atoms with Crippen molar-refractivity contribution in [3.05, 3.63) is 35.2 Å². The maximum absolute atomic E-state index is 5.94. The smallest absolute Gasteiger partial charge is 0.138 e. The van der Waals surface area contributed by atoms with Gasteiger partial charge in [0.1, 0.15) is 5.65 Å². The zero-order chi connectivity index (χ0) is 11.0. The number of hydrogen-bond donors (Lipinski definition) is 0.